The molecule has 0 atom stereocenters. The second-order valence-corrected chi connectivity index (χ2v) is 8.68. The Kier molecular flexibility index (Phi) is 7.45. The lowest BCUT2D eigenvalue weighted by Gasteiger charge is -2.20. The monoisotopic (exact) mass is 558 g/mol. The fourth-order valence-electron chi connectivity index (χ4n) is 3.95. The van der Waals surface area contributed by atoms with Gasteiger partial charge >= 0.3 is 12.4 Å². The van der Waals surface area contributed by atoms with Crippen molar-refractivity contribution in [3.63, 3.8) is 0 Å². The number of hydrogen-bond acceptors (Lipinski definition) is 4. The fourth-order valence-corrected chi connectivity index (χ4v) is 3.95. The topological polar surface area (TPSA) is 110 Å². The zero-order valence-electron chi connectivity index (χ0n) is 20.3. The van der Waals surface area contributed by atoms with Crippen molar-refractivity contribution in [2.45, 2.75) is 12.4 Å². The van der Waals surface area contributed by atoms with Crippen molar-refractivity contribution in [2.75, 3.05) is 22.1 Å². The Morgan fingerprint density at radius 2 is 0.925 bits per heavy atom. The number of anilines is 4. The van der Waals surface area contributed by atoms with Crippen LogP contribution in [0.15, 0.2) is 84.9 Å². The summed E-state index contributed by atoms with van der Waals surface area (Å²) in [6.45, 7) is 0. The maximum absolute atomic E-state index is 14.0. The molecular weight excluding hydrogens is 538 g/mol. The first-order valence-electron chi connectivity index (χ1n) is 11.5. The Labute approximate surface area is 223 Å². The summed E-state index contributed by atoms with van der Waals surface area (Å²) in [7, 11) is 0. The molecule has 0 aliphatic rings. The zero-order chi connectivity index (χ0) is 29.2. The number of rotatable bonds is 5. The molecule has 0 heterocycles. The molecule has 0 unspecified atom stereocenters. The Morgan fingerprint density at radius 1 is 0.550 bits per heavy atom. The lowest BCUT2D eigenvalue weighted by molar-refractivity contribution is -0.139. The number of nitrogen functional groups attached to an aromatic ring is 2. The molecule has 0 spiro atoms. The predicted octanol–water partition coefficient (Wildman–Crippen LogP) is 7.06. The van der Waals surface area contributed by atoms with Crippen LogP contribution in [0.25, 0.3) is 11.1 Å². The summed E-state index contributed by atoms with van der Waals surface area (Å²) < 4.78 is 84.3. The van der Waals surface area contributed by atoms with Gasteiger partial charge in [-0.15, -0.1) is 0 Å². The van der Waals surface area contributed by atoms with E-state index >= 15 is 0 Å². The van der Waals surface area contributed by atoms with E-state index in [1.807, 2.05) is 0 Å². The summed E-state index contributed by atoms with van der Waals surface area (Å²) in [5.74, 6) is -1.52. The third kappa shape index (κ3) is 6.34. The van der Waals surface area contributed by atoms with Gasteiger partial charge in [0.25, 0.3) is 11.8 Å². The maximum Gasteiger partial charge on any atom is 0.417 e. The number of carbonyl (C=O) groups is 2. The molecule has 0 aromatic heterocycles. The number of benzene rings is 4. The molecule has 40 heavy (non-hydrogen) atoms. The average molecular weight is 558 g/mol. The Morgan fingerprint density at radius 3 is 1.25 bits per heavy atom. The van der Waals surface area contributed by atoms with Crippen molar-refractivity contribution in [2.24, 2.45) is 0 Å². The summed E-state index contributed by atoms with van der Waals surface area (Å²) in [6, 6.07) is 16.3. The van der Waals surface area contributed by atoms with E-state index in [4.69, 9.17) is 11.5 Å². The molecule has 2 amide bonds. The number of nitrogens with one attached hydrogen (secondary N) is 2. The second-order valence-electron chi connectivity index (χ2n) is 8.68. The van der Waals surface area contributed by atoms with Gasteiger partial charge in [0.05, 0.1) is 11.1 Å². The van der Waals surface area contributed by atoms with Gasteiger partial charge < -0.3 is 22.1 Å². The quantitative estimate of drug-likeness (QED) is 0.155. The molecule has 0 saturated carbocycles. The number of nitrogens with two attached hydrogens (primary N) is 2. The van der Waals surface area contributed by atoms with E-state index in [1.54, 1.807) is 0 Å². The Bertz CT molecular complexity index is 1480. The van der Waals surface area contributed by atoms with Gasteiger partial charge in [0.2, 0.25) is 0 Å². The van der Waals surface area contributed by atoms with Gasteiger partial charge in [0.1, 0.15) is 0 Å². The van der Waals surface area contributed by atoms with E-state index in [9.17, 15) is 35.9 Å². The molecule has 12 heteroatoms. The largest absolute Gasteiger partial charge is 0.417 e. The first-order chi connectivity index (χ1) is 18.7. The molecule has 6 nitrogen and oxygen atoms in total. The van der Waals surface area contributed by atoms with Gasteiger partial charge in [-0.25, -0.2) is 0 Å². The first kappa shape index (κ1) is 28.0. The highest BCUT2D eigenvalue weighted by atomic mass is 19.4. The number of alkyl halides is 6. The van der Waals surface area contributed by atoms with Crippen LogP contribution in [0.4, 0.5) is 49.1 Å². The van der Waals surface area contributed by atoms with Crippen molar-refractivity contribution in [3.8, 4) is 11.1 Å². The molecule has 4 rings (SSSR count). The van der Waals surface area contributed by atoms with Crippen LogP contribution < -0.4 is 22.1 Å². The predicted molar refractivity (Wildman–Crippen MR) is 139 cm³/mol. The summed E-state index contributed by atoms with van der Waals surface area (Å²) in [6.07, 6.45) is -10.1. The van der Waals surface area contributed by atoms with E-state index in [2.05, 4.69) is 10.6 Å². The fraction of sp³-hybridized carbons (Fsp3) is 0.0714. The normalized spacial score (nSPS) is 11.7. The average Bonchev–Trinajstić information content (AvgIpc) is 2.87. The molecule has 6 N–H and O–H groups in total. The molecule has 206 valence electrons. The maximum atomic E-state index is 14.0. The van der Waals surface area contributed by atoms with Crippen molar-refractivity contribution in [3.05, 3.63) is 107 Å². The Balaban J connectivity index is 1.72. The zero-order valence-corrected chi connectivity index (χ0v) is 20.3. The number of halogens is 6. The molecular formula is C28H20F6N4O2. The summed E-state index contributed by atoms with van der Waals surface area (Å²) >= 11 is 0. The van der Waals surface area contributed by atoms with Crippen LogP contribution in [0.3, 0.4) is 0 Å². The molecule has 0 aliphatic carbocycles. The van der Waals surface area contributed by atoms with E-state index in [0.29, 0.717) is 12.1 Å². The second kappa shape index (κ2) is 10.6. The van der Waals surface area contributed by atoms with Gasteiger partial charge in [0, 0.05) is 33.9 Å². The molecule has 0 fully saturated rings. The highest BCUT2D eigenvalue weighted by molar-refractivity contribution is 6.05. The van der Waals surface area contributed by atoms with Crippen LogP contribution in [-0.4, -0.2) is 11.8 Å². The minimum Gasteiger partial charge on any atom is -0.399 e. The number of carbonyl (C=O) groups excluding carboxylic acids is 2. The van der Waals surface area contributed by atoms with Crippen molar-refractivity contribution < 1.29 is 35.9 Å². The highest BCUT2D eigenvalue weighted by Gasteiger charge is 2.39. The molecule has 4 aromatic carbocycles. The standard InChI is InChI=1S/C28H20F6N4O2/c29-27(30,31)23-13-19(37-25(39)15-3-1-5-17(35)11-15)7-9-21(23)22-10-8-20(14-24(22)28(32,33)34)38-26(40)16-4-2-6-18(36)12-16/h1-14H,35-36H2,(H,37,39)(H,38,40). The van der Waals surface area contributed by atoms with Crippen LogP contribution >= 0.6 is 0 Å². The highest BCUT2D eigenvalue weighted by Crippen LogP contribution is 2.44. The molecule has 0 bridgehead atoms. The van der Waals surface area contributed by atoms with Crippen molar-refractivity contribution >= 4 is 34.6 Å². The van der Waals surface area contributed by atoms with Gasteiger partial charge in [-0.05, 0) is 71.8 Å². The third-order valence-corrected chi connectivity index (χ3v) is 5.75. The lowest BCUT2D eigenvalue weighted by atomic mass is 9.93. The number of amides is 2. The van der Waals surface area contributed by atoms with Gasteiger partial charge in [-0.3, -0.25) is 9.59 Å². The summed E-state index contributed by atoms with van der Waals surface area (Å²) in [5.41, 5.74) is 7.00. The van der Waals surface area contributed by atoms with Crippen LogP contribution in [0.1, 0.15) is 31.8 Å². The lowest BCUT2D eigenvalue weighted by Crippen LogP contribution is -2.16. The van der Waals surface area contributed by atoms with Gasteiger partial charge in [-0.1, -0.05) is 24.3 Å². The van der Waals surface area contributed by atoms with Gasteiger partial charge in [-0.2, -0.15) is 26.3 Å². The van der Waals surface area contributed by atoms with Crippen molar-refractivity contribution in [1.29, 1.82) is 0 Å². The van der Waals surface area contributed by atoms with Crippen LogP contribution in [-0.2, 0) is 12.4 Å². The van der Waals surface area contributed by atoms with E-state index in [1.165, 1.54) is 48.5 Å². The molecule has 0 saturated heterocycles. The molecule has 4 aromatic rings. The SMILES string of the molecule is Nc1cccc(C(=O)Nc2ccc(-c3ccc(NC(=O)c4cccc(N)c4)cc3C(F)(F)F)c(C(F)(F)F)c2)c1. The van der Waals surface area contributed by atoms with Crippen molar-refractivity contribution in [1.82, 2.24) is 0 Å². The molecule has 0 radical (unpaired) electrons. The summed E-state index contributed by atoms with van der Waals surface area (Å²) in [5, 5.41) is 4.60. The summed E-state index contributed by atoms with van der Waals surface area (Å²) in [4.78, 5) is 25.0. The van der Waals surface area contributed by atoms with E-state index in [0.717, 1.165) is 24.3 Å². The van der Waals surface area contributed by atoms with E-state index < -0.39 is 46.4 Å². The minimum absolute atomic E-state index is 0.0767. The Hall–Kier alpha value is -5.00. The van der Waals surface area contributed by atoms with Crippen LogP contribution in [0, 0.1) is 0 Å². The number of hydrogen-bond donors (Lipinski definition) is 4. The van der Waals surface area contributed by atoms with Crippen LogP contribution in [0.5, 0.6) is 0 Å². The minimum atomic E-state index is -5.07. The third-order valence-electron chi connectivity index (χ3n) is 5.75. The van der Waals surface area contributed by atoms with Gasteiger partial charge in [0.15, 0.2) is 0 Å². The van der Waals surface area contributed by atoms with Crippen LogP contribution in [0.2, 0.25) is 0 Å². The molecule has 0 aliphatic heterocycles. The first-order valence-corrected chi connectivity index (χ1v) is 11.5. The smallest absolute Gasteiger partial charge is 0.399 e. The van der Waals surface area contributed by atoms with E-state index in [-0.39, 0.29) is 33.9 Å².